The summed E-state index contributed by atoms with van der Waals surface area (Å²) in [4.78, 5) is 11.5. The molecular weight excluding hydrogens is 244 g/mol. The maximum Gasteiger partial charge on any atom is 0.258 e. The van der Waals surface area contributed by atoms with Crippen molar-refractivity contribution in [3.63, 3.8) is 0 Å². The number of amides is 1. The molecular formula is C14H22N2O3. The second-order valence-electron chi connectivity index (χ2n) is 4.39. The lowest BCUT2D eigenvalue weighted by atomic mass is 10.1. The van der Waals surface area contributed by atoms with E-state index in [-0.39, 0.29) is 12.5 Å². The lowest BCUT2D eigenvalue weighted by Crippen LogP contribution is -2.31. The molecule has 1 aromatic rings. The van der Waals surface area contributed by atoms with Gasteiger partial charge in [-0.3, -0.25) is 4.79 Å². The topological polar surface area (TPSA) is 73.6 Å². The van der Waals surface area contributed by atoms with Crippen molar-refractivity contribution in [3.8, 4) is 5.75 Å². The zero-order chi connectivity index (χ0) is 14.3. The molecule has 19 heavy (non-hydrogen) atoms. The molecule has 1 aromatic carbocycles. The van der Waals surface area contributed by atoms with Crippen LogP contribution in [0.1, 0.15) is 16.7 Å². The van der Waals surface area contributed by atoms with Crippen molar-refractivity contribution in [1.82, 2.24) is 5.32 Å². The van der Waals surface area contributed by atoms with Crippen LogP contribution in [0, 0.1) is 13.8 Å². The first-order valence-electron chi connectivity index (χ1n) is 6.27. The predicted molar refractivity (Wildman–Crippen MR) is 74.2 cm³/mol. The molecule has 106 valence electrons. The van der Waals surface area contributed by atoms with Crippen LogP contribution in [-0.4, -0.2) is 32.8 Å². The van der Waals surface area contributed by atoms with Crippen LogP contribution in [0.5, 0.6) is 5.75 Å². The Morgan fingerprint density at radius 2 is 1.95 bits per heavy atom. The molecule has 0 heterocycles. The molecule has 0 unspecified atom stereocenters. The molecule has 0 aliphatic heterocycles. The van der Waals surface area contributed by atoms with Gasteiger partial charge in [0.15, 0.2) is 6.61 Å². The fourth-order valence-corrected chi connectivity index (χ4v) is 1.87. The predicted octanol–water partition coefficient (Wildman–Crippen LogP) is 0.904. The Labute approximate surface area is 114 Å². The number of benzene rings is 1. The van der Waals surface area contributed by atoms with Crippen molar-refractivity contribution in [2.24, 2.45) is 5.73 Å². The van der Waals surface area contributed by atoms with E-state index < -0.39 is 0 Å². The van der Waals surface area contributed by atoms with Gasteiger partial charge in [0.1, 0.15) is 5.75 Å². The molecule has 5 heteroatoms. The molecule has 0 aliphatic rings. The number of methoxy groups -OCH3 is 1. The molecule has 0 radical (unpaired) electrons. The third-order valence-electron chi connectivity index (χ3n) is 2.73. The Morgan fingerprint density at radius 3 is 2.47 bits per heavy atom. The summed E-state index contributed by atoms with van der Waals surface area (Å²) < 4.78 is 10.4. The zero-order valence-corrected chi connectivity index (χ0v) is 11.8. The summed E-state index contributed by atoms with van der Waals surface area (Å²) in [6, 6.07) is 3.95. The van der Waals surface area contributed by atoms with E-state index in [0.717, 1.165) is 22.4 Å². The number of nitrogens with one attached hydrogen (secondary N) is 1. The second-order valence-corrected chi connectivity index (χ2v) is 4.39. The van der Waals surface area contributed by atoms with Crippen molar-refractivity contribution in [3.05, 3.63) is 28.8 Å². The van der Waals surface area contributed by atoms with Gasteiger partial charge < -0.3 is 20.5 Å². The first-order valence-corrected chi connectivity index (χ1v) is 6.27. The second kappa shape index (κ2) is 7.76. The molecule has 3 N–H and O–H groups in total. The molecule has 0 atom stereocenters. The first kappa shape index (κ1) is 15.5. The van der Waals surface area contributed by atoms with E-state index in [1.54, 1.807) is 7.11 Å². The van der Waals surface area contributed by atoms with Crippen LogP contribution in [0.2, 0.25) is 0 Å². The van der Waals surface area contributed by atoms with E-state index in [2.05, 4.69) is 5.32 Å². The summed E-state index contributed by atoms with van der Waals surface area (Å²) in [5.74, 6) is 0.595. The molecule has 5 nitrogen and oxygen atoms in total. The van der Waals surface area contributed by atoms with E-state index in [4.69, 9.17) is 15.2 Å². The van der Waals surface area contributed by atoms with Crippen molar-refractivity contribution in [2.45, 2.75) is 20.4 Å². The third-order valence-corrected chi connectivity index (χ3v) is 2.73. The van der Waals surface area contributed by atoms with Crippen LogP contribution in [0.4, 0.5) is 0 Å². The first-order chi connectivity index (χ1) is 9.08. The van der Waals surface area contributed by atoms with E-state index in [1.165, 1.54) is 0 Å². The average Bonchev–Trinajstić information content (AvgIpc) is 2.37. The summed E-state index contributed by atoms with van der Waals surface area (Å²) in [7, 11) is 1.59. The van der Waals surface area contributed by atoms with Gasteiger partial charge in [-0.25, -0.2) is 0 Å². The van der Waals surface area contributed by atoms with E-state index in [1.807, 2.05) is 26.0 Å². The van der Waals surface area contributed by atoms with Crippen molar-refractivity contribution < 1.29 is 14.3 Å². The number of nitrogens with two attached hydrogens (primary N) is 1. The Bertz CT molecular complexity index is 410. The average molecular weight is 266 g/mol. The summed E-state index contributed by atoms with van der Waals surface area (Å²) in [5, 5.41) is 2.71. The molecule has 1 rings (SSSR count). The van der Waals surface area contributed by atoms with Crippen molar-refractivity contribution in [2.75, 3.05) is 26.9 Å². The maximum atomic E-state index is 11.5. The van der Waals surface area contributed by atoms with Crippen molar-refractivity contribution in [1.29, 1.82) is 0 Å². The Kier molecular flexibility index (Phi) is 6.32. The monoisotopic (exact) mass is 266 g/mol. The number of carbonyl (C=O) groups excluding carboxylic acids is 1. The molecule has 1 amide bonds. The molecule has 0 fully saturated rings. The van der Waals surface area contributed by atoms with Gasteiger partial charge in [0.05, 0.1) is 6.61 Å². The van der Waals surface area contributed by atoms with E-state index in [0.29, 0.717) is 19.7 Å². The van der Waals surface area contributed by atoms with Gasteiger partial charge in [-0.05, 0) is 30.5 Å². The Morgan fingerprint density at radius 1 is 1.32 bits per heavy atom. The fourth-order valence-electron chi connectivity index (χ4n) is 1.87. The third kappa shape index (κ3) is 4.89. The van der Waals surface area contributed by atoms with Gasteiger partial charge in [-0.2, -0.15) is 0 Å². The minimum atomic E-state index is -0.154. The highest BCUT2D eigenvalue weighted by Gasteiger charge is 2.08. The highest BCUT2D eigenvalue weighted by atomic mass is 16.5. The highest BCUT2D eigenvalue weighted by molar-refractivity contribution is 5.77. The maximum absolute atomic E-state index is 11.5. The van der Waals surface area contributed by atoms with Gasteiger partial charge in [0.25, 0.3) is 5.91 Å². The minimum Gasteiger partial charge on any atom is -0.483 e. The normalized spacial score (nSPS) is 10.3. The highest BCUT2D eigenvalue weighted by Crippen LogP contribution is 2.24. The van der Waals surface area contributed by atoms with Crippen LogP contribution < -0.4 is 15.8 Å². The van der Waals surface area contributed by atoms with Gasteiger partial charge in [0, 0.05) is 20.2 Å². The standard InChI is InChI=1S/C14H22N2O3/c1-10-6-12(8-15)7-11(2)14(10)19-9-13(17)16-4-5-18-3/h6-7H,4-5,8-9,15H2,1-3H3,(H,16,17). The molecule has 0 aromatic heterocycles. The number of ether oxygens (including phenoxy) is 2. The van der Waals surface area contributed by atoms with Gasteiger partial charge in [-0.1, -0.05) is 12.1 Å². The molecule has 0 saturated heterocycles. The van der Waals surface area contributed by atoms with Crippen LogP contribution in [-0.2, 0) is 16.1 Å². The molecule has 0 bridgehead atoms. The van der Waals surface area contributed by atoms with E-state index >= 15 is 0 Å². The minimum absolute atomic E-state index is 0.00731. The molecule has 0 spiro atoms. The molecule has 0 aliphatic carbocycles. The lowest BCUT2D eigenvalue weighted by Gasteiger charge is -2.13. The van der Waals surface area contributed by atoms with Crippen LogP contribution in [0.25, 0.3) is 0 Å². The SMILES string of the molecule is COCCNC(=O)COc1c(C)cc(CN)cc1C. The quantitative estimate of drug-likeness (QED) is 0.719. The number of carbonyl (C=O) groups is 1. The van der Waals surface area contributed by atoms with Gasteiger partial charge in [-0.15, -0.1) is 0 Å². The Hall–Kier alpha value is -1.59. The summed E-state index contributed by atoms with van der Waals surface area (Å²) >= 11 is 0. The smallest absolute Gasteiger partial charge is 0.258 e. The van der Waals surface area contributed by atoms with Crippen molar-refractivity contribution >= 4 is 5.91 Å². The van der Waals surface area contributed by atoms with Crippen LogP contribution in [0.3, 0.4) is 0 Å². The van der Waals surface area contributed by atoms with Gasteiger partial charge in [0.2, 0.25) is 0 Å². The fraction of sp³-hybridized carbons (Fsp3) is 0.500. The number of hydrogen-bond acceptors (Lipinski definition) is 4. The van der Waals surface area contributed by atoms with Crippen LogP contribution >= 0.6 is 0 Å². The summed E-state index contributed by atoms with van der Waals surface area (Å²) in [6.45, 7) is 5.39. The lowest BCUT2D eigenvalue weighted by molar-refractivity contribution is -0.123. The number of aryl methyl sites for hydroxylation is 2. The zero-order valence-electron chi connectivity index (χ0n) is 11.8. The number of hydrogen-bond donors (Lipinski definition) is 2. The summed E-state index contributed by atoms with van der Waals surface area (Å²) in [6.07, 6.45) is 0. The Balaban J connectivity index is 2.55. The number of rotatable bonds is 7. The summed E-state index contributed by atoms with van der Waals surface area (Å²) in [5.41, 5.74) is 8.65. The largest absolute Gasteiger partial charge is 0.483 e. The van der Waals surface area contributed by atoms with E-state index in [9.17, 15) is 4.79 Å². The molecule has 0 saturated carbocycles. The van der Waals surface area contributed by atoms with Crippen LogP contribution in [0.15, 0.2) is 12.1 Å². The van der Waals surface area contributed by atoms with Gasteiger partial charge >= 0.3 is 0 Å².